The van der Waals surface area contributed by atoms with Crippen LogP contribution in [-0.2, 0) is 13.6 Å². The number of rotatable bonds is 3. The molecule has 4 nitrogen and oxygen atoms in total. The first-order valence-electron chi connectivity index (χ1n) is 5.97. The van der Waals surface area contributed by atoms with Gasteiger partial charge in [-0.3, -0.25) is 4.79 Å². The largest absolute Gasteiger partial charge is 0.337 e. The molecule has 100 valence electrons. The van der Waals surface area contributed by atoms with Crippen molar-refractivity contribution in [1.29, 1.82) is 0 Å². The molecule has 2 rings (SSSR count). The maximum absolute atomic E-state index is 12.4. The SMILES string of the molecule is Cc1c(Br)cccc1C(=O)N(C)Cc1nccn1C. The normalized spacial score (nSPS) is 10.5. The number of amides is 1. The summed E-state index contributed by atoms with van der Waals surface area (Å²) in [5.74, 6) is 0.866. The molecule has 0 aliphatic rings. The number of nitrogens with zero attached hydrogens (tertiary/aromatic N) is 3. The Morgan fingerprint density at radius 1 is 1.47 bits per heavy atom. The lowest BCUT2D eigenvalue weighted by Crippen LogP contribution is -2.28. The van der Waals surface area contributed by atoms with Crippen LogP contribution in [0.15, 0.2) is 35.1 Å². The average Bonchev–Trinajstić information content (AvgIpc) is 2.77. The van der Waals surface area contributed by atoms with E-state index in [-0.39, 0.29) is 5.91 Å². The highest BCUT2D eigenvalue weighted by molar-refractivity contribution is 9.10. The van der Waals surface area contributed by atoms with Crippen molar-refractivity contribution in [2.45, 2.75) is 13.5 Å². The smallest absolute Gasteiger partial charge is 0.254 e. The van der Waals surface area contributed by atoms with Crippen molar-refractivity contribution in [3.63, 3.8) is 0 Å². The van der Waals surface area contributed by atoms with Crippen LogP contribution in [0.5, 0.6) is 0 Å². The molecule has 5 heteroatoms. The van der Waals surface area contributed by atoms with Crippen LogP contribution in [0, 0.1) is 6.92 Å². The van der Waals surface area contributed by atoms with E-state index in [1.54, 1.807) is 18.1 Å². The molecule has 0 saturated carbocycles. The predicted molar refractivity (Wildman–Crippen MR) is 77.9 cm³/mol. The zero-order valence-electron chi connectivity index (χ0n) is 11.2. The van der Waals surface area contributed by atoms with Gasteiger partial charge in [-0.2, -0.15) is 0 Å². The van der Waals surface area contributed by atoms with Crippen LogP contribution in [0.2, 0.25) is 0 Å². The van der Waals surface area contributed by atoms with E-state index in [0.717, 1.165) is 15.9 Å². The first kappa shape index (κ1) is 13.8. The number of benzene rings is 1. The summed E-state index contributed by atoms with van der Waals surface area (Å²) in [5.41, 5.74) is 1.67. The Morgan fingerprint density at radius 2 is 2.21 bits per heavy atom. The minimum absolute atomic E-state index is 0.00167. The van der Waals surface area contributed by atoms with E-state index in [2.05, 4.69) is 20.9 Å². The Morgan fingerprint density at radius 3 is 2.84 bits per heavy atom. The molecule has 0 spiro atoms. The highest BCUT2D eigenvalue weighted by Gasteiger charge is 2.16. The Kier molecular flexibility index (Phi) is 4.04. The van der Waals surface area contributed by atoms with Crippen molar-refractivity contribution in [2.75, 3.05) is 7.05 Å². The molecule has 1 heterocycles. The van der Waals surface area contributed by atoms with Gasteiger partial charge < -0.3 is 9.47 Å². The third kappa shape index (κ3) is 2.87. The molecule has 19 heavy (non-hydrogen) atoms. The summed E-state index contributed by atoms with van der Waals surface area (Å²) in [6.45, 7) is 2.43. The third-order valence-corrected chi connectivity index (χ3v) is 4.00. The molecule has 0 fully saturated rings. The molecule has 0 aliphatic heterocycles. The van der Waals surface area contributed by atoms with E-state index >= 15 is 0 Å². The maximum Gasteiger partial charge on any atom is 0.254 e. The molecule has 0 bridgehead atoms. The molecule has 0 radical (unpaired) electrons. The summed E-state index contributed by atoms with van der Waals surface area (Å²) in [6, 6.07) is 5.65. The minimum Gasteiger partial charge on any atom is -0.337 e. The van der Waals surface area contributed by atoms with Gasteiger partial charge in [0.15, 0.2) is 0 Å². The van der Waals surface area contributed by atoms with Gasteiger partial charge >= 0.3 is 0 Å². The fraction of sp³-hybridized carbons (Fsp3) is 0.286. The monoisotopic (exact) mass is 321 g/mol. The minimum atomic E-state index is 0.00167. The molecular weight excluding hydrogens is 306 g/mol. The first-order valence-corrected chi connectivity index (χ1v) is 6.76. The Hall–Kier alpha value is -1.62. The van der Waals surface area contributed by atoms with Gasteiger partial charge in [-0.15, -0.1) is 0 Å². The van der Waals surface area contributed by atoms with Crippen molar-refractivity contribution >= 4 is 21.8 Å². The van der Waals surface area contributed by atoms with Gasteiger partial charge in [0.2, 0.25) is 0 Å². The Balaban J connectivity index is 2.20. The molecule has 1 aromatic carbocycles. The molecule has 0 aliphatic carbocycles. The van der Waals surface area contributed by atoms with Crippen molar-refractivity contribution in [1.82, 2.24) is 14.5 Å². The van der Waals surface area contributed by atoms with Crippen LogP contribution in [0.25, 0.3) is 0 Å². The second-order valence-corrected chi connectivity index (χ2v) is 5.38. The standard InChI is InChI=1S/C14H16BrN3O/c1-10-11(5-4-6-12(10)15)14(19)18(3)9-13-16-7-8-17(13)2/h4-8H,9H2,1-3H3. The lowest BCUT2D eigenvalue weighted by atomic mass is 10.1. The highest BCUT2D eigenvalue weighted by Crippen LogP contribution is 2.20. The lowest BCUT2D eigenvalue weighted by molar-refractivity contribution is 0.0779. The topological polar surface area (TPSA) is 38.1 Å². The number of hydrogen-bond acceptors (Lipinski definition) is 2. The molecule has 0 saturated heterocycles. The third-order valence-electron chi connectivity index (χ3n) is 3.14. The average molecular weight is 322 g/mol. The molecule has 2 aromatic rings. The number of aromatic nitrogens is 2. The molecule has 0 N–H and O–H groups in total. The molecule has 0 unspecified atom stereocenters. The van der Waals surface area contributed by atoms with Crippen LogP contribution in [-0.4, -0.2) is 27.4 Å². The number of halogens is 1. The summed E-state index contributed by atoms with van der Waals surface area (Å²) in [4.78, 5) is 18.3. The fourth-order valence-corrected chi connectivity index (χ4v) is 2.24. The number of carbonyl (C=O) groups excluding carboxylic acids is 1. The summed E-state index contributed by atoms with van der Waals surface area (Å²) < 4.78 is 2.86. The number of hydrogen-bond donors (Lipinski definition) is 0. The number of imidazole rings is 1. The lowest BCUT2D eigenvalue weighted by Gasteiger charge is -2.18. The quantitative estimate of drug-likeness (QED) is 0.871. The summed E-state index contributed by atoms with van der Waals surface area (Å²) in [6.07, 6.45) is 3.61. The van der Waals surface area contributed by atoms with Crippen LogP contribution in [0.3, 0.4) is 0 Å². The van der Waals surface area contributed by atoms with E-state index in [4.69, 9.17) is 0 Å². The zero-order valence-corrected chi connectivity index (χ0v) is 12.8. The molecule has 0 atom stereocenters. The van der Waals surface area contributed by atoms with Gasteiger partial charge in [0.1, 0.15) is 5.82 Å². The summed E-state index contributed by atoms with van der Waals surface area (Å²) in [5, 5.41) is 0. The van der Waals surface area contributed by atoms with Crippen LogP contribution < -0.4 is 0 Å². The fourth-order valence-electron chi connectivity index (χ4n) is 1.88. The van der Waals surface area contributed by atoms with E-state index in [1.165, 1.54) is 0 Å². The summed E-state index contributed by atoms with van der Waals surface area (Å²) in [7, 11) is 3.71. The van der Waals surface area contributed by atoms with Gasteiger partial charge in [-0.1, -0.05) is 22.0 Å². The van der Waals surface area contributed by atoms with E-state index in [0.29, 0.717) is 12.1 Å². The molecule has 1 amide bonds. The van der Waals surface area contributed by atoms with Crippen molar-refractivity contribution < 1.29 is 4.79 Å². The van der Waals surface area contributed by atoms with Crippen molar-refractivity contribution in [3.05, 3.63) is 52.0 Å². The van der Waals surface area contributed by atoms with E-state index in [9.17, 15) is 4.79 Å². The zero-order chi connectivity index (χ0) is 14.0. The van der Waals surface area contributed by atoms with Gasteiger partial charge in [0.05, 0.1) is 6.54 Å². The second kappa shape index (κ2) is 5.57. The Bertz CT molecular complexity index is 606. The van der Waals surface area contributed by atoms with Crippen LogP contribution in [0.4, 0.5) is 0 Å². The molecule has 1 aromatic heterocycles. The van der Waals surface area contributed by atoms with Crippen molar-refractivity contribution in [3.8, 4) is 0 Å². The number of aryl methyl sites for hydroxylation is 1. The van der Waals surface area contributed by atoms with Gasteiger partial charge in [0.25, 0.3) is 5.91 Å². The number of carbonyl (C=O) groups is 1. The highest BCUT2D eigenvalue weighted by atomic mass is 79.9. The van der Waals surface area contributed by atoms with Gasteiger partial charge in [-0.05, 0) is 24.6 Å². The van der Waals surface area contributed by atoms with Gasteiger partial charge in [0, 0.05) is 36.5 Å². The van der Waals surface area contributed by atoms with Crippen LogP contribution in [0.1, 0.15) is 21.7 Å². The molecular formula is C14H16BrN3O. The van der Waals surface area contributed by atoms with Gasteiger partial charge in [-0.25, -0.2) is 4.98 Å². The maximum atomic E-state index is 12.4. The van der Waals surface area contributed by atoms with Crippen molar-refractivity contribution in [2.24, 2.45) is 7.05 Å². The second-order valence-electron chi connectivity index (χ2n) is 4.53. The van der Waals surface area contributed by atoms with Crippen LogP contribution >= 0.6 is 15.9 Å². The predicted octanol–water partition coefficient (Wildman–Crippen LogP) is 2.76. The Labute approximate surface area is 121 Å². The van der Waals surface area contributed by atoms with E-state index in [1.807, 2.05) is 42.9 Å². The first-order chi connectivity index (χ1) is 9.00. The van der Waals surface area contributed by atoms with E-state index < -0.39 is 0 Å². The summed E-state index contributed by atoms with van der Waals surface area (Å²) >= 11 is 3.45.